The van der Waals surface area contributed by atoms with Crippen molar-refractivity contribution >= 4 is 38.5 Å². The van der Waals surface area contributed by atoms with Crippen molar-refractivity contribution < 1.29 is 22.8 Å². The zero-order chi connectivity index (χ0) is 20.4. The highest BCUT2D eigenvalue weighted by molar-refractivity contribution is 8.82. The molecule has 0 N–H and O–H groups in total. The van der Waals surface area contributed by atoms with Crippen LogP contribution in [0.25, 0.3) is 0 Å². The minimum Gasteiger partial charge on any atom is -0.317 e. The molecule has 0 heterocycles. The first-order chi connectivity index (χ1) is 12.8. The number of benzene rings is 1. The van der Waals surface area contributed by atoms with Crippen LogP contribution in [0, 0.1) is 0 Å². The van der Waals surface area contributed by atoms with Crippen LogP contribution >= 0.6 is 21.6 Å². The van der Waals surface area contributed by atoms with Gasteiger partial charge in [0.1, 0.15) is 0 Å². The summed E-state index contributed by atoms with van der Waals surface area (Å²) >= 11 is 0. The minimum atomic E-state index is -4.73. The maximum atomic E-state index is 13.4. The summed E-state index contributed by atoms with van der Waals surface area (Å²) in [4.78, 5) is 27.2. The third-order valence-corrected chi connectivity index (χ3v) is 5.11. The monoisotopic (exact) mass is 416 g/mol. The Bertz CT molecular complexity index is 698. The van der Waals surface area contributed by atoms with Crippen molar-refractivity contribution in [2.75, 3.05) is 23.7 Å². The van der Waals surface area contributed by atoms with Crippen LogP contribution in [-0.4, -0.2) is 35.0 Å². The molecule has 0 saturated heterocycles. The summed E-state index contributed by atoms with van der Waals surface area (Å²) in [6, 6.07) is 3.57. The van der Waals surface area contributed by atoms with Crippen LogP contribution in [0.5, 0.6) is 0 Å². The van der Waals surface area contributed by atoms with E-state index < -0.39 is 28.7 Å². The number of amides is 3. The fourth-order valence-electron chi connectivity index (χ4n) is 2.04. The number of imide groups is 1. The molecule has 0 radical (unpaired) electrons. The van der Waals surface area contributed by atoms with Crippen molar-refractivity contribution in [3.63, 3.8) is 0 Å². The van der Waals surface area contributed by atoms with E-state index >= 15 is 0 Å². The van der Waals surface area contributed by atoms with E-state index in [1.165, 1.54) is 29.2 Å². The molecule has 0 aliphatic heterocycles. The Hall–Kier alpha value is -2.13. The Labute approximate surface area is 164 Å². The molecule has 0 aliphatic rings. The Balaban J connectivity index is 3.40. The first-order valence-electron chi connectivity index (χ1n) is 7.69. The van der Waals surface area contributed by atoms with Gasteiger partial charge >= 0.3 is 17.4 Å². The zero-order valence-corrected chi connectivity index (χ0v) is 16.1. The van der Waals surface area contributed by atoms with Gasteiger partial charge in [0, 0.05) is 29.6 Å². The van der Waals surface area contributed by atoms with Gasteiger partial charge in [-0.15, -0.1) is 19.7 Å². The van der Waals surface area contributed by atoms with Gasteiger partial charge in [-0.3, -0.25) is 4.79 Å². The quantitative estimate of drug-likeness (QED) is 0.296. The average molecular weight is 416 g/mol. The maximum absolute atomic E-state index is 13.4. The van der Waals surface area contributed by atoms with Gasteiger partial charge in [0.2, 0.25) is 0 Å². The number of hydrogen-bond donors (Lipinski definition) is 0. The van der Waals surface area contributed by atoms with Crippen LogP contribution in [0.1, 0.15) is 5.56 Å². The third-order valence-electron chi connectivity index (χ3n) is 3.11. The molecule has 0 aromatic heterocycles. The number of carbonyl (C=O) groups excluding carboxylic acids is 2. The van der Waals surface area contributed by atoms with Gasteiger partial charge in [-0.05, 0) is 12.1 Å². The number of rotatable bonds is 8. The molecule has 27 heavy (non-hydrogen) atoms. The first-order valence-corrected chi connectivity index (χ1v) is 10.0. The lowest BCUT2D eigenvalue weighted by Gasteiger charge is -2.29. The third kappa shape index (κ3) is 6.51. The van der Waals surface area contributed by atoms with E-state index in [2.05, 4.69) is 19.7 Å². The van der Waals surface area contributed by atoms with Gasteiger partial charge in [-0.25, -0.2) is 9.69 Å². The van der Waals surface area contributed by atoms with Crippen molar-refractivity contribution in [3.8, 4) is 0 Å². The van der Waals surface area contributed by atoms with Crippen molar-refractivity contribution in [2.45, 2.75) is 6.18 Å². The molecule has 0 fully saturated rings. The second-order valence-corrected chi connectivity index (χ2v) is 7.33. The highest BCUT2D eigenvalue weighted by atomic mass is 33.1. The van der Waals surface area contributed by atoms with E-state index in [4.69, 9.17) is 0 Å². The molecule has 0 aliphatic carbocycles. The van der Waals surface area contributed by atoms with E-state index in [1.807, 2.05) is 0 Å². The SMILES string of the molecule is C=CCSSC(=O)N(C(=O)N(CC=C)CC=C)c1ccccc1C(F)(F)F. The van der Waals surface area contributed by atoms with Crippen LogP contribution in [0.15, 0.2) is 62.2 Å². The smallest absolute Gasteiger partial charge is 0.317 e. The largest absolute Gasteiger partial charge is 0.418 e. The molecular weight excluding hydrogens is 397 g/mol. The number of halogens is 3. The van der Waals surface area contributed by atoms with Gasteiger partial charge in [-0.2, -0.15) is 13.2 Å². The van der Waals surface area contributed by atoms with Crippen molar-refractivity contribution in [2.24, 2.45) is 0 Å². The van der Waals surface area contributed by atoms with E-state index in [0.29, 0.717) is 21.4 Å². The predicted octanol–water partition coefficient (Wildman–Crippen LogP) is 5.99. The summed E-state index contributed by atoms with van der Waals surface area (Å²) in [5, 5.41) is -0.832. The summed E-state index contributed by atoms with van der Waals surface area (Å²) in [5.41, 5.74) is -1.59. The molecule has 4 nitrogen and oxygen atoms in total. The summed E-state index contributed by atoms with van der Waals surface area (Å²) in [6.45, 7) is 10.7. The number of alkyl halides is 3. The van der Waals surface area contributed by atoms with Crippen LogP contribution in [0.3, 0.4) is 0 Å². The lowest BCUT2D eigenvalue weighted by molar-refractivity contribution is -0.137. The second kappa shape index (κ2) is 10.9. The lowest BCUT2D eigenvalue weighted by Crippen LogP contribution is -2.46. The summed E-state index contributed by atoms with van der Waals surface area (Å²) in [7, 11) is 1.74. The number of para-hydroxylation sites is 1. The average Bonchev–Trinajstić information content (AvgIpc) is 2.61. The summed E-state index contributed by atoms with van der Waals surface area (Å²) in [5.74, 6) is 0.391. The van der Waals surface area contributed by atoms with Crippen molar-refractivity contribution in [1.29, 1.82) is 0 Å². The molecular formula is C18H19F3N2O2S2. The molecule has 0 bridgehead atoms. The standard InChI is InChI=1S/C18H19F3N2O2S2/c1-4-11-22(12-5-2)16(24)23(17(25)27-26-13-6-3)15-10-8-7-9-14(15)18(19,20)21/h4-10H,1-3,11-13H2. The molecule has 3 amide bonds. The van der Waals surface area contributed by atoms with Crippen LogP contribution in [0.4, 0.5) is 28.4 Å². The Morgan fingerprint density at radius 1 is 1.04 bits per heavy atom. The number of nitrogens with zero attached hydrogens (tertiary/aromatic N) is 2. The molecule has 1 aromatic carbocycles. The Kier molecular flexibility index (Phi) is 9.23. The second-order valence-electron chi connectivity index (χ2n) is 5.04. The summed E-state index contributed by atoms with van der Waals surface area (Å²) < 4.78 is 40.3. The fraction of sp³-hybridized carbons (Fsp3) is 0.222. The van der Waals surface area contributed by atoms with E-state index in [-0.39, 0.29) is 13.1 Å². The van der Waals surface area contributed by atoms with E-state index in [1.54, 1.807) is 6.08 Å². The van der Waals surface area contributed by atoms with Crippen LogP contribution < -0.4 is 4.90 Å². The molecule has 1 rings (SSSR count). The predicted molar refractivity (Wildman–Crippen MR) is 107 cm³/mol. The molecule has 0 spiro atoms. The number of urea groups is 1. The van der Waals surface area contributed by atoms with Gasteiger partial charge in [0.05, 0.1) is 11.3 Å². The van der Waals surface area contributed by atoms with E-state index in [0.717, 1.165) is 22.9 Å². The zero-order valence-electron chi connectivity index (χ0n) is 14.4. The fourth-order valence-corrected chi connectivity index (χ4v) is 3.58. The minimum absolute atomic E-state index is 0.0489. The molecule has 1 aromatic rings. The van der Waals surface area contributed by atoms with Crippen molar-refractivity contribution in [3.05, 3.63) is 67.8 Å². The topological polar surface area (TPSA) is 40.6 Å². The Morgan fingerprint density at radius 3 is 2.15 bits per heavy atom. The number of anilines is 1. The molecule has 0 saturated carbocycles. The molecule has 0 unspecified atom stereocenters. The summed E-state index contributed by atoms with van der Waals surface area (Å²) in [6.07, 6.45) is -0.350. The number of hydrogen-bond acceptors (Lipinski definition) is 4. The lowest BCUT2D eigenvalue weighted by atomic mass is 10.1. The highest BCUT2D eigenvalue weighted by Crippen LogP contribution is 2.38. The van der Waals surface area contributed by atoms with Gasteiger partial charge in [0.25, 0.3) is 0 Å². The number of carbonyl (C=O) groups is 2. The molecule has 146 valence electrons. The van der Waals surface area contributed by atoms with Gasteiger partial charge in [-0.1, -0.05) is 41.2 Å². The molecule has 9 heteroatoms. The highest BCUT2D eigenvalue weighted by Gasteiger charge is 2.38. The van der Waals surface area contributed by atoms with Crippen LogP contribution in [0.2, 0.25) is 0 Å². The van der Waals surface area contributed by atoms with Crippen LogP contribution in [-0.2, 0) is 6.18 Å². The molecule has 0 atom stereocenters. The normalized spacial score (nSPS) is 10.8. The van der Waals surface area contributed by atoms with Gasteiger partial charge < -0.3 is 4.90 Å². The van der Waals surface area contributed by atoms with Gasteiger partial charge in [0.15, 0.2) is 0 Å². The Morgan fingerprint density at radius 2 is 1.63 bits per heavy atom. The maximum Gasteiger partial charge on any atom is 0.418 e. The first kappa shape index (κ1) is 22.9. The van der Waals surface area contributed by atoms with Crippen molar-refractivity contribution in [1.82, 2.24) is 4.90 Å². The van der Waals surface area contributed by atoms with E-state index in [9.17, 15) is 22.8 Å².